The van der Waals surface area contributed by atoms with Crippen molar-refractivity contribution in [3.8, 4) is 11.5 Å². The lowest BCUT2D eigenvalue weighted by Crippen LogP contribution is -2.29. The molecule has 0 unspecified atom stereocenters. The first kappa shape index (κ1) is 9.88. The second-order valence-electron chi connectivity index (χ2n) is 3.12. The SMILES string of the molecule is Cc1nnc(-c2ccc(B(O)O)cc2)o1. The number of hydrogen-bond acceptors (Lipinski definition) is 5. The highest BCUT2D eigenvalue weighted by atomic mass is 16.4. The van der Waals surface area contributed by atoms with Gasteiger partial charge in [0.1, 0.15) is 0 Å². The van der Waals surface area contributed by atoms with E-state index in [4.69, 9.17) is 14.5 Å². The lowest BCUT2D eigenvalue weighted by Gasteiger charge is -1.99. The predicted octanol–water partition coefficient (Wildman–Crippen LogP) is -0.275. The summed E-state index contributed by atoms with van der Waals surface area (Å²) < 4.78 is 5.22. The van der Waals surface area contributed by atoms with Crippen LogP contribution in [0.25, 0.3) is 11.5 Å². The Morgan fingerprint density at radius 2 is 1.80 bits per heavy atom. The predicted molar refractivity (Wildman–Crippen MR) is 54.3 cm³/mol. The van der Waals surface area contributed by atoms with Crippen LogP contribution in [0.1, 0.15) is 5.89 Å². The van der Waals surface area contributed by atoms with Crippen molar-refractivity contribution in [2.45, 2.75) is 6.92 Å². The van der Waals surface area contributed by atoms with Crippen LogP contribution in [0.5, 0.6) is 0 Å². The minimum absolute atomic E-state index is 0.423. The molecule has 0 saturated heterocycles. The maximum Gasteiger partial charge on any atom is 0.488 e. The number of benzene rings is 1. The molecule has 0 aliphatic carbocycles. The number of rotatable bonds is 2. The molecule has 1 heterocycles. The Morgan fingerprint density at radius 3 is 2.27 bits per heavy atom. The molecule has 2 rings (SSSR count). The van der Waals surface area contributed by atoms with Gasteiger partial charge in [-0.3, -0.25) is 0 Å². The van der Waals surface area contributed by atoms with Gasteiger partial charge in [0.05, 0.1) is 0 Å². The van der Waals surface area contributed by atoms with Gasteiger partial charge in [-0.15, -0.1) is 10.2 Å². The topological polar surface area (TPSA) is 79.4 Å². The Balaban J connectivity index is 2.31. The van der Waals surface area contributed by atoms with Crippen LogP contribution in [-0.2, 0) is 0 Å². The van der Waals surface area contributed by atoms with Gasteiger partial charge in [0.25, 0.3) is 0 Å². The highest BCUT2D eigenvalue weighted by Gasteiger charge is 2.11. The smallest absolute Gasteiger partial charge is 0.423 e. The van der Waals surface area contributed by atoms with Crippen LogP contribution >= 0.6 is 0 Å². The van der Waals surface area contributed by atoms with Crippen molar-refractivity contribution < 1.29 is 14.5 Å². The first-order valence-corrected chi connectivity index (χ1v) is 4.43. The average molecular weight is 204 g/mol. The minimum Gasteiger partial charge on any atom is -0.423 e. The molecule has 6 heteroatoms. The summed E-state index contributed by atoms with van der Waals surface area (Å²) >= 11 is 0. The van der Waals surface area contributed by atoms with Crippen molar-refractivity contribution in [3.63, 3.8) is 0 Å². The van der Waals surface area contributed by atoms with E-state index in [1.807, 2.05) is 0 Å². The van der Waals surface area contributed by atoms with E-state index in [9.17, 15) is 0 Å². The van der Waals surface area contributed by atoms with Gasteiger partial charge in [-0.1, -0.05) is 12.1 Å². The Labute approximate surface area is 86.5 Å². The van der Waals surface area contributed by atoms with Crippen molar-refractivity contribution in [3.05, 3.63) is 30.2 Å². The van der Waals surface area contributed by atoms with E-state index < -0.39 is 7.12 Å². The van der Waals surface area contributed by atoms with Crippen LogP contribution in [0.3, 0.4) is 0 Å². The first-order chi connectivity index (χ1) is 7.16. The summed E-state index contributed by atoms with van der Waals surface area (Å²) in [5, 5.41) is 25.3. The van der Waals surface area contributed by atoms with Gasteiger partial charge < -0.3 is 14.5 Å². The molecule has 2 aromatic rings. The fraction of sp³-hybridized carbons (Fsp3) is 0.111. The quantitative estimate of drug-likeness (QED) is 0.658. The third-order valence-electron chi connectivity index (χ3n) is 1.98. The van der Waals surface area contributed by atoms with Gasteiger partial charge in [-0.05, 0) is 17.6 Å². The monoisotopic (exact) mass is 204 g/mol. The molecule has 0 spiro atoms. The van der Waals surface area contributed by atoms with E-state index in [0.717, 1.165) is 5.56 Å². The zero-order valence-corrected chi connectivity index (χ0v) is 8.08. The second kappa shape index (κ2) is 3.84. The van der Waals surface area contributed by atoms with E-state index in [1.54, 1.807) is 31.2 Å². The van der Waals surface area contributed by atoms with E-state index in [2.05, 4.69) is 10.2 Å². The lowest BCUT2D eigenvalue weighted by atomic mass is 9.80. The number of nitrogens with zero attached hydrogens (tertiary/aromatic N) is 2. The Kier molecular flexibility index (Phi) is 2.53. The van der Waals surface area contributed by atoms with Gasteiger partial charge in [0.2, 0.25) is 11.8 Å². The molecule has 0 amide bonds. The van der Waals surface area contributed by atoms with E-state index in [0.29, 0.717) is 17.2 Å². The highest BCUT2D eigenvalue weighted by Crippen LogP contribution is 2.15. The normalized spacial score (nSPS) is 10.3. The van der Waals surface area contributed by atoms with E-state index in [1.165, 1.54) is 0 Å². The maximum absolute atomic E-state index is 8.89. The Bertz CT molecular complexity index is 453. The third kappa shape index (κ3) is 2.06. The van der Waals surface area contributed by atoms with Gasteiger partial charge in [-0.2, -0.15) is 0 Å². The number of hydrogen-bond donors (Lipinski definition) is 2. The number of aromatic nitrogens is 2. The summed E-state index contributed by atoms with van der Waals surface area (Å²) in [5.41, 5.74) is 1.18. The van der Waals surface area contributed by atoms with Crippen LogP contribution < -0.4 is 5.46 Å². The van der Waals surface area contributed by atoms with Crippen LogP contribution in [0.2, 0.25) is 0 Å². The molecular weight excluding hydrogens is 195 g/mol. The van der Waals surface area contributed by atoms with Gasteiger partial charge in [0.15, 0.2) is 0 Å². The second-order valence-corrected chi connectivity index (χ2v) is 3.12. The molecule has 0 bridgehead atoms. The fourth-order valence-electron chi connectivity index (χ4n) is 1.21. The Morgan fingerprint density at radius 1 is 1.13 bits per heavy atom. The van der Waals surface area contributed by atoms with Gasteiger partial charge in [-0.25, -0.2) is 0 Å². The fourth-order valence-corrected chi connectivity index (χ4v) is 1.21. The van der Waals surface area contributed by atoms with Crippen LogP contribution in [0, 0.1) is 6.92 Å². The van der Waals surface area contributed by atoms with Gasteiger partial charge in [0, 0.05) is 12.5 Å². The summed E-state index contributed by atoms with van der Waals surface area (Å²) in [5.74, 6) is 0.919. The summed E-state index contributed by atoms with van der Waals surface area (Å²) in [6.07, 6.45) is 0. The van der Waals surface area contributed by atoms with Gasteiger partial charge >= 0.3 is 7.12 Å². The van der Waals surface area contributed by atoms with E-state index in [-0.39, 0.29) is 0 Å². The molecule has 2 N–H and O–H groups in total. The molecule has 0 radical (unpaired) electrons. The molecule has 1 aromatic heterocycles. The van der Waals surface area contributed by atoms with Crippen molar-refractivity contribution in [1.82, 2.24) is 10.2 Å². The summed E-state index contributed by atoms with van der Waals surface area (Å²) in [7, 11) is -1.46. The molecule has 0 atom stereocenters. The van der Waals surface area contributed by atoms with Crippen LogP contribution in [-0.4, -0.2) is 27.4 Å². The van der Waals surface area contributed by atoms with Crippen LogP contribution in [0.4, 0.5) is 0 Å². The standard InChI is InChI=1S/C9H9BN2O3/c1-6-11-12-9(15-6)7-2-4-8(5-3-7)10(13)14/h2-5,13-14H,1H3. The van der Waals surface area contributed by atoms with Crippen molar-refractivity contribution in [2.24, 2.45) is 0 Å². The molecule has 0 aliphatic heterocycles. The molecular formula is C9H9BN2O3. The average Bonchev–Trinajstić information content (AvgIpc) is 2.65. The van der Waals surface area contributed by atoms with Crippen LogP contribution in [0.15, 0.2) is 28.7 Å². The molecule has 1 aromatic carbocycles. The Hall–Kier alpha value is -1.66. The minimum atomic E-state index is -1.46. The zero-order chi connectivity index (χ0) is 10.8. The number of aryl methyl sites for hydroxylation is 1. The third-order valence-corrected chi connectivity index (χ3v) is 1.98. The van der Waals surface area contributed by atoms with Crippen molar-refractivity contribution >= 4 is 12.6 Å². The molecule has 0 fully saturated rings. The molecule has 76 valence electrons. The lowest BCUT2D eigenvalue weighted by molar-refractivity contribution is 0.426. The summed E-state index contributed by atoms with van der Waals surface area (Å²) in [6, 6.07) is 6.59. The summed E-state index contributed by atoms with van der Waals surface area (Å²) in [6.45, 7) is 1.71. The largest absolute Gasteiger partial charge is 0.488 e. The van der Waals surface area contributed by atoms with Crippen molar-refractivity contribution in [1.29, 1.82) is 0 Å². The molecule has 0 aliphatic rings. The molecule has 0 saturated carbocycles. The molecule has 5 nitrogen and oxygen atoms in total. The summed E-state index contributed by atoms with van der Waals surface area (Å²) in [4.78, 5) is 0. The van der Waals surface area contributed by atoms with E-state index >= 15 is 0 Å². The first-order valence-electron chi connectivity index (χ1n) is 4.43. The van der Waals surface area contributed by atoms with Crippen molar-refractivity contribution in [2.75, 3.05) is 0 Å². The highest BCUT2D eigenvalue weighted by molar-refractivity contribution is 6.58. The maximum atomic E-state index is 8.89. The zero-order valence-electron chi connectivity index (χ0n) is 8.08. The molecule has 15 heavy (non-hydrogen) atoms.